The molecule has 1 saturated heterocycles. The molecule has 1 N–H and O–H groups in total. The molecule has 1 heterocycles. The Kier molecular flexibility index (Phi) is 7.98. The van der Waals surface area contributed by atoms with Crippen LogP contribution in [0.4, 0.5) is 0 Å². The maximum Gasteiger partial charge on any atom is 0.243 e. The zero-order chi connectivity index (χ0) is 24.3. The number of piperidine rings is 1. The summed E-state index contributed by atoms with van der Waals surface area (Å²) < 4.78 is 28.5. The second-order valence-corrected chi connectivity index (χ2v) is 11.3. The van der Waals surface area contributed by atoms with Crippen molar-refractivity contribution >= 4 is 15.9 Å². The first kappa shape index (κ1) is 25.4. The van der Waals surface area contributed by atoms with Gasteiger partial charge in [-0.15, -0.1) is 0 Å². The summed E-state index contributed by atoms with van der Waals surface area (Å²) in [6.45, 7) is 8.91. The van der Waals surface area contributed by atoms with Gasteiger partial charge in [0.2, 0.25) is 15.9 Å². The average Bonchev–Trinajstić information content (AvgIpc) is 2.78. The summed E-state index contributed by atoms with van der Waals surface area (Å²) in [6, 6.07) is 12.3. The SMILES string of the molecule is Cc1cc(C)c(C)c(S(=O)(=O)N2CCC(C(=O)NCC(c3ccccc3)N(C)C)CC2)c1C. The molecule has 1 unspecified atom stereocenters. The van der Waals surface area contributed by atoms with E-state index < -0.39 is 10.0 Å². The van der Waals surface area contributed by atoms with Gasteiger partial charge in [-0.25, -0.2) is 8.42 Å². The summed E-state index contributed by atoms with van der Waals surface area (Å²) in [5.41, 5.74) is 4.75. The van der Waals surface area contributed by atoms with Gasteiger partial charge in [0.05, 0.1) is 10.9 Å². The zero-order valence-electron chi connectivity index (χ0n) is 20.7. The maximum atomic E-state index is 13.5. The summed E-state index contributed by atoms with van der Waals surface area (Å²) in [6.07, 6.45) is 1.07. The lowest BCUT2D eigenvalue weighted by molar-refractivity contribution is -0.126. The monoisotopic (exact) mass is 471 g/mol. The molecule has 0 aromatic heterocycles. The Bertz CT molecular complexity index is 1060. The average molecular weight is 472 g/mol. The van der Waals surface area contributed by atoms with Crippen LogP contribution in [-0.2, 0) is 14.8 Å². The van der Waals surface area contributed by atoms with Gasteiger partial charge in [-0.1, -0.05) is 36.4 Å². The number of carbonyl (C=O) groups excluding carboxylic acids is 1. The van der Waals surface area contributed by atoms with Crippen LogP contribution < -0.4 is 5.32 Å². The number of nitrogens with one attached hydrogen (secondary N) is 1. The summed E-state index contributed by atoms with van der Waals surface area (Å²) in [5.74, 6) is -0.162. The van der Waals surface area contributed by atoms with Gasteiger partial charge in [0, 0.05) is 25.6 Å². The van der Waals surface area contributed by atoms with Gasteiger partial charge in [-0.05, 0) is 82.4 Å². The Labute approximate surface area is 199 Å². The Balaban J connectivity index is 1.64. The van der Waals surface area contributed by atoms with Crippen molar-refractivity contribution in [2.24, 2.45) is 5.92 Å². The fourth-order valence-corrected chi connectivity index (χ4v) is 6.72. The van der Waals surface area contributed by atoms with Crippen molar-refractivity contribution in [2.75, 3.05) is 33.7 Å². The van der Waals surface area contributed by atoms with E-state index in [-0.39, 0.29) is 17.9 Å². The highest BCUT2D eigenvalue weighted by atomic mass is 32.2. The maximum absolute atomic E-state index is 13.5. The van der Waals surface area contributed by atoms with E-state index in [1.165, 1.54) is 0 Å². The Hall–Kier alpha value is -2.22. The molecule has 2 aromatic rings. The number of rotatable bonds is 7. The molecule has 180 valence electrons. The fourth-order valence-electron chi connectivity index (χ4n) is 4.67. The molecule has 33 heavy (non-hydrogen) atoms. The lowest BCUT2D eigenvalue weighted by Gasteiger charge is -2.32. The summed E-state index contributed by atoms with van der Waals surface area (Å²) in [7, 11) is 0.413. The van der Waals surface area contributed by atoms with Crippen LogP contribution in [0.1, 0.15) is 46.7 Å². The minimum Gasteiger partial charge on any atom is -0.354 e. The molecular formula is C26H37N3O3S. The van der Waals surface area contributed by atoms with Crippen molar-refractivity contribution in [1.29, 1.82) is 0 Å². The number of hydrogen-bond donors (Lipinski definition) is 1. The quantitative estimate of drug-likeness (QED) is 0.668. The number of nitrogens with zero attached hydrogens (tertiary/aromatic N) is 2. The molecule has 0 radical (unpaired) electrons. The highest BCUT2D eigenvalue weighted by molar-refractivity contribution is 7.89. The second kappa shape index (κ2) is 10.4. The van der Waals surface area contributed by atoms with Crippen molar-refractivity contribution < 1.29 is 13.2 Å². The van der Waals surface area contributed by atoms with Crippen LogP contribution in [0.5, 0.6) is 0 Å². The van der Waals surface area contributed by atoms with Gasteiger partial charge < -0.3 is 10.2 Å². The smallest absolute Gasteiger partial charge is 0.243 e. The summed E-state index contributed by atoms with van der Waals surface area (Å²) in [5, 5.41) is 3.10. The first-order valence-electron chi connectivity index (χ1n) is 11.6. The minimum atomic E-state index is -3.60. The third-order valence-electron chi connectivity index (χ3n) is 7.00. The van der Waals surface area contributed by atoms with Gasteiger partial charge in [0.15, 0.2) is 0 Å². The van der Waals surface area contributed by atoms with Crippen LogP contribution in [0.2, 0.25) is 0 Å². The van der Waals surface area contributed by atoms with E-state index in [9.17, 15) is 13.2 Å². The van der Waals surface area contributed by atoms with Gasteiger partial charge in [0.25, 0.3) is 0 Å². The predicted octanol–water partition coefficient (Wildman–Crippen LogP) is 3.74. The zero-order valence-corrected chi connectivity index (χ0v) is 21.5. The number of aryl methyl sites for hydroxylation is 2. The molecule has 0 spiro atoms. The molecule has 0 saturated carbocycles. The molecule has 2 aromatic carbocycles. The highest BCUT2D eigenvalue weighted by Gasteiger charge is 2.34. The Morgan fingerprint density at radius 1 is 1.03 bits per heavy atom. The molecule has 1 aliphatic heterocycles. The van der Waals surface area contributed by atoms with Gasteiger partial charge >= 0.3 is 0 Å². The van der Waals surface area contributed by atoms with Crippen molar-refractivity contribution in [3.8, 4) is 0 Å². The van der Waals surface area contributed by atoms with E-state index >= 15 is 0 Å². The topological polar surface area (TPSA) is 69.7 Å². The van der Waals surface area contributed by atoms with E-state index in [0.717, 1.165) is 27.8 Å². The molecule has 6 nitrogen and oxygen atoms in total. The fraction of sp³-hybridized carbons (Fsp3) is 0.500. The number of carbonyl (C=O) groups is 1. The Morgan fingerprint density at radius 3 is 2.09 bits per heavy atom. The Morgan fingerprint density at radius 2 is 1.58 bits per heavy atom. The number of benzene rings is 2. The number of amides is 1. The van der Waals surface area contributed by atoms with Crippen LogP contribution in [0.25, 0.3) is 0 Å². The molecule has 1 fully saturated rings. The molecule has 7 heteroatoms. The molecule has 1 aliphatic rings. The van der Waals surface area contributed by atoms with E-state index in [4.69, 9.17) is 0 Å². The van der Waals surface area contributed by atoms with Gasteiger partial charge in [0.1, 0.15) is 0 Å². The molecule has 0 bridgehead atoms. The van der Waals surface area contributed by atoms with Crippen LogP contribution in [-0.4, -0.2) is 57.3 Å². The number of sulfonamides is 1. The normalized spacial score (nSPS) is 16.7. The highest BCUT2D eigenvalue weighted by Crippen LogP contribution is 2.31. The van der Waals surface area contributed by atoms with Gasteiger partial charge in [-0.2, -0.15) is 4.31 Å². The number of hydrogen-bond acceptors (Lipinski definition) is 4. The van der Waals surface area contributed by atoms with Crippen molar-refractivity contribution in [3.63, 3.8) is 0 Å². The minimum absolute atomic E-state index is 0.00795. The van der Waals surface area contributed by atoms with E-state index in [2.05, 4.69) is 22.3 Å². The van der Waals surface area contributed by atoms with E-state index in [0.29, 0.717) is 37.4 Å². The molecular weight excluding hydrogens is 434 g/mol. The first-order valence-corrected chi connectivity index (χ1v) is 13.0. The third-order valence-corrected chi connectivity index (χ3v) is 9.17. The van der Waals surface area contributed by atoms with Crippen LogP contribution in [0.3, 0.4) is 0 Å². The lowest BCUT2D eigenvalue weighted by Crippen LogP contribution is -2.44. The largest absolute Gasteiger partial charge is 0.354 e. The summed E-state index contributed by atoms with van der Waals surface area (Å²) in [4.78, 5) is 15.4. The van der Waals surface area contributed by atoms with E-state index in [1.807, 2.05) is 66.1 Å². The van der Waals surface area contributed by atoms with Crippen LogP contribution >= 0.6 is 0 Å². The second-order valence-electron chi connectivity index (χ2n) is 9.40. The van der Waals surface area contributed by atoms with Crippen molar-refractivity contribution in [3.05, 3.63) is 64.2 Å². The predicted molar refractivity (Wildman–Crippen MR) is 133 cm³/mol. The molecule has 0 aliphatic carbocycles. The standard InChI is InChI=1S/C26H37N3O3S/c1-18-16-19(2)21(4)25(20(18)3)33(31,32)29-14-12-23(13-15-29)26(30)27-17-24(28(5)6)22-10-8-7-9-11-22/h7-11,16,23-24H,12-15,17H2,1-6H3,(H,27,30). The number of likely N-dealkylation sites (N-methyl/N-ethyl adjacent to an activating group) is 1. The van der Waals surface area contributed by atoms with Crippen molar-refractivity contribution in [1.82, 2.24) is 14.5 Å². The first-order chi connectivity index (χ1) is 15.5. The lowest BCUT2D eigenvalue weighted by atomic mass is 9.97. The third kappa shape index (κ3) is 5.48. The van der Waals surface area contributed by atoms with E-state index in [1.54, 1.807) is 4.31 Å². The molecule has 3 rings (SSSR count). The molecule has 1 atom stereocenters. The van der Waals surface area contributed by atoms with Crippen LogP contribution in [0, 0.1) is 33.6 Å². The summed E-state index contributed by atoms with van der Waals surface area (Å²) >= 11 is 0. The van der Waals surface area contributed by atoms with Crippen molar-refractivity contribution in [2.45, 2.75) is 51.5 Å². The van der Waals surface area contributed by atoms with Crippen LogP contribution in [0.15, 0.2) is 41.3 Å². The molecule has 1 amide bonds. The van der Waals surface area contributed by atoms with Gasteiger partial charge in [-0.3, -0.25) is 4.79 Å².